The highest BCUT2D eigenvalue weighted by molar-refractivity contribution is 7.91. The van der Waals surface area contributed by atoms with Gasteiger partial charge in [-0.05, 0) is 24.1 Å². The Kier molecular flexibility index (Phi) is 3.21. The summed E-state index contributed by atoms with van der Waals surface area (Å²) in [5.74, 6) is -3.35. The molecule has 14 heavy (non-hydrogen) atoms. The van der Waals surface area contributed by atoms with E-state index in [4.69, 9.17) is 0 Å². The number of sulfone groups is 1. The van der Waals surface area contributed by atoms with Gasteiger partial charge in [0.15, 0.2) is 0 Å². The van der Waals surface area contributed by atoms with E-state index in [1.165, 1.54) is 24.3 Å². The first-order valence-electron chi connectivity index (χ1n) is 4.09. The highest BCUT2D eigenvalue weighted by Gasteiger charge is 2.25. The van der Waals surface area contributed by atoms with Crippen molar-refractivity contribution in [3.8, 4) is 0 Å². The largest absolute Gasteiger partial charge is 0.341 e. The van der Waals surface area contributed by atoms with Crippen molar-refractivity contribution in [2.45, 2.75) is 24.0 Å². The summed E-state index contributed by atoms with van der Waals surface area (Å²) < 4.78 is 46.1. The predicted octanol–water partition coefficient (Wildman–Crippen LogP) is 2.25. The second kappa shape index (κ2) is 4.04. The first-order valence-corrected chi connectivity index (χ1v) is 5.64. The molecule has 1 aromatic rings. The zero-order chi connectivity index (χ0) is 10.8. The van der Waals surface area contributed by atoms with Gasteiger partial charge in [-0.25, -0.2) is 8.42 Å². The minimum Gasteiger partial charge on any atom is -0.218 e. The van der Waals surface area contributed by atoms with Crippen LogP contribution >= 0.6 is 0 Å². The molecule has 0 aliphatic carbocycles. The van der Waals surface area contributed by atoms with Crippen LogP contribution in [-0.4, -0.2) is 14.2 Å². The summed E-state index contributed by atoms with van der Waals surface area (Å²) in [6.45, 7) is 1.90. The average Bonchev–Trinajstić information content (AvgIpc) is 2.17. The van der Waals surface area contributed by atoms with Crippen molar-refractivity contribution in [1.82, 2.24) is 0 Å². The summed E-state index contributed by atoms with van der Waals surface area (Å²) in [5, 5.41) is 0. The van der Waals surface area contributed by atoms with E-state index in [0.29, 0.717) is 0 Å². The van der Waals surface area contributed by atoms with E-state index in [-0.39, 0.29) is 4.90 Å². The normalized spacial score (nSPS) is 12.0. The van der Waals surface area contributed by atoms with Crippen LogP contribution in [0.3, 0.4) is 0 Å². The first-order chi connectivity index (χ1) is 6.48. The Bertz CT molecular complexity index is 395. The van der Waals surface area contributed by atoms with Gasteiger partial charge in [0.1, 0.15) is 0 Å². The van der Waals surface area contributed by atoms with Gasteiger partial charge in [-0.2, -0.15) is 8.78 Å². The average molecular weight is 220 g/mol. The molecule has 2 nitrogen and oxygen atoms in total. The van der Waals surface area contributed by atoms with Gasteiger partial charge in [-0.15, -0.1) is 0 Å². The van der Waals surface area contributed by atoms with Gasteiger partial charge < -0.3 is 0 Å². The van der Waals surface area contributed by atoms with E-state index in [1.54, 1.807) is 0 Å². The Hall–Kier alpha value is -0.970. The van der Waals surface area contributed by atoms with Crippen molar-refractivity contribution >= 4 is 9.84 Å². The minimum atomic E-state index is -4.44. The molecule has 0 aliphatic rings. The molecule has 5 heteroatoms. The summed E-state index contributed by atoms with van der Waals surface area (Å²) in [5.41, 5.74) is 0.915. The number of alkyl halides is 2. The zero-order valence-corrected chi connectivity index (χ0v) is 8.39. The Morgan fingerprint density at radius 1 is 1.21 bits per heavy atom. The van der Waals surface area contributed by atoms with Gasteiger partial charge >= 0.3 is 5.76 Å². The maximum absolute atomic E-state index is 12.1. The number of halogens is 2. The highest BCUT2D eigenvalue weighted by atomic mass is 32.2. The van der Waals surface area contributed by atoms with E-state index >= 15 is 0 Å². The van der Waals surface area contributed by atoms with Crippen molar-refractivity contribution in [3.05, 3.63) is 29.8 Å². The van der Waals surface area contributed by atoms with Crippen molar-refractivity contribution in [2.24, 2.45) is 0 Å². The van der Waals surface area contributed by atoms with E-state index < -0.39 is 15.6 Å². The Morgan fingerprint density at radius 3 is 2.07 bits per heavy atom. The maximum atomic E-state index is 12.1. The van der Waals surface area contributed by atoms with Crippen molar-refractivity contribution < 1.29 is 17.2 Å². The molecule has 1 rings (SSSR count). The molecule has 78 valence electrons. The summed E-state index contributed by atoms with van der Waals surface area (Å²) >= 11 is 0. The van der Waals surface area contributed by atoms with Gasteiger partial charge in [0.2, 0.25) is 9.84 Å². The van der Waals surface area contributed by atoms with Crippen LogP contribution in [0.1, 0.15) is 12.5 Å². The molecule has 0 N–H and O–H groups in total. The van der Waals surface area contributed by atoms with Gasteiger partial charge in [0, 0.05) is 0 Å². The smallest absolute Gasteiger partial charge is 0.218 e. The lowest BCUT2D eigenvalue weighted by atomic mass is 10.2. The zero-order valence-electron chi connectivity index (χ0n) is 7.57. The van der Waals surface area contributed by atoms with Crippen molar-refractivity contribution in [3.63, 3.8) is 0 Å². The molecule has 0 fully saturated rings. The van der Waals surface area contributed by atoms with Crippen LogP contribution in [0.15, 0.2) is 29.2 Å². The van der Waals surface area contributed by atoms with E-state index in [1.807, 2.05) is 6.92 Å². The fourth-order valence-electron chi connectivity index (χ4n) is 1.02. The quantitative estimate of drug-likeness (QED) is 0.782. The predicted molar refractivity (Wildman–Crippen MR) is 49.0 cm³/mol. The van der Waals surface area contributed by atoms with Crippen LogP contribution in [0.4, 0.5) is 8.78 Å². The third kappa shape index (κ3) is 2.09. The molecule has 0 saturated carbocycles. The van der Waals surface area contributed by atoms with E-state index in [2.05, 4.69) is 0 Å². The molecule has 0 aliphatic heterocycles. The number of aryl methyl sites for hydroxylation is 1. The number of hydrogen-bond acceptors (Lipinski definition) is 2. The number of benzene rings is 1. The maximum Gasteiger partial charge on any atom is 0.341 e. The lowest BCUT2D eigenvalue weighted by Gasteiger charge is -2.03. The van der Waals surface area contributed by atoms with E-state index in [9.17, 15) is 17.2 Å². The Labute approximate surface area is 81.5 Å². The Morgan fingerprint density at radius 2 is 1.71 bits per heavy atom. The topological polar surface area (TPSA) is 34.1 Å². The van der Waals surface area contributed by atoms with Crippen molar-refractivity contribution in [1.29, 1.82) is 0 Å². The summed E-state index contributed by atoms with van der Waals surface area (Å²) in [7, 11) is -4.44. The molecular formula is C9H10F2O2S. The molecule has 0 spiro atoms. The molecule has 0 radical (unpaired) electrons. The molecular weight excluding hydrogens is 210 g/mol. The van der Waals surface area contributed by atoms with Gasteiger partial charge in [-0.3, -0.25) is 0 Å². The minimum absolute atomic E-state index is 0.329. The molecule has 0 amide bonds. The fraction of sp³-hybridized carbons (Fsp3) is 0.333. The van der Waals surface area contributed by atoms with Crippen LogP contribution in [0.25, 0.3) is 0 Å². The van der Waals surface area contributed by atoms with Crippen molar-refractivity contribution in [2.75, 3.05) is 0 Å². The Balaban J connectivity index is 3.10. The number of hydrogen-bond donors (Lipinski definition) is 0. The molecule has 0 saturated heterocycles. The molecule has 0 atom stereocenters. The van der Waals surface area contributed by atoms with Crippen LogP contribution in [0, 0.1) is 0 Å². The lowest BCUT2D eigenvalue weighted by Crippen LogP contribution is -2.11. The number of rotatable bonds is 3. The van der Waals surface area contributed by atoms with Crippen LogP contribution in [0.2, 0.25) is 0 Å². The second-order valence-electron chi connectivity index (χ2n) is 2.80. The summed E-state index contributed by atoms with van der Waals surface area (Å²) in [4.78, 5) is -0.329. The van der Waals surface area contributed by atoms with Crippen LogP contribution in [-0.2, 0) is 16.3 Å². The van der Waals surface area contributed by atoms with E-state index in [0.717, 1.165) is 12.0 Å². The van der Waals surface area contributed by atoms with Crippen LogP contribution in [0.5, 0.6) is 0 Å². The van der Waals surface area contributed by atoms with Gasteiger partial charge in [-0.1, -0.05) is 19.1 Å². The standard InChI is InChI=1S/C9H10F2O2S/c1-2-7-3-5-8(6-4-7)14(12,13)9(10)11/h3-6,9H,2H2,1H3. The highest BCUT2D eigenvalue weighted by Crippen LogP contribution is 2.18. The SMILES string of the molecule is CCc1ccc(S(=O)(=O)C(F)F)cc1. The lowest BCUT2D eigenvalue weighted by molar-refractivity contribution is 0.234. The molecule has 0 aromatic heterocycles. The monoisotopic (exact) mass is 220 g/mol. The molecule has 1 aromatic carbocycles. The molecule has 0 bridgehead atoms. The summed E-state index contributed by atoms with van der Waals surface area (Å²) in [6, 6.07) is 5.49. The third-order valence-electron chi connectivity index (χ3n) is 1.89. The first kappa shape index (κ1) is 11.1. The van der Waals surface area contributed by atoms with Gasteiger partial charge in [0.25, 0.3) is 0 Å². The molecule has 0 heterocycles. The second-order valence-corrected chi connectivity index (χ2v) is 4.72. The fourth-order valence-corrected chi connectivity index (χ4v) is 1.74. The third-order valence-corrected chi connectivity index (χ3v) is 3.29. The van der Waals surface area contributed by atoms with Crippen LogP contribution < -0.4 is 0 Å². The van der Waals surface area contributed by atoms with Gasteiger partial charge in [0.05, 0.1) is 4.90 Å². The molecule has 0 unspecified atom stereocenters. The summed E-state index contributed by atoms with van der Waals surface area (Å²) in [6.07, 6.45) is 0.745.